The summed E-state index contributed by atoms with van der Waals surface area (Å²) in [6, 6.07) is 14.1. The van der Waals surface area contributed by atoms with Gasteiger partial charge in [0.05, 0.1) is 24.9 Å². The normalized spacial score (nSPS) is 27.1. The van der Waals surface area contributed by atoms with Crippen LogP contribution in [-0.4, -0.2) is 46.6 Å². The molecule has 0 aliphatic carbocycles. The molecule has 0 radical (unpaired) electrons. The molecular formula is C23H27ClO4S. The third-order valence-electron chi connectivity index (χ3n) is 5.53. The molecule has 2 N–H and O–H groups in total. The number of rotatable bonds is 6. The second-order valence-electron chi connectivity index (χ2n) is 7.83. The van der Waals surface area contributed by atoms with E-state index in [9.17, 15) is 10.2 Å². The number of benzene rings is 2. The molecule has 4 atom stereocenters. The first-order chi connectivity index (χ1) is 14.1. The van der Waals surface area contributed by atoms with Gasteiger partial charge in [-0.3, -0.25) is 0 Å². The molecule has 0 aromatic heterocycles. The standard InChI is InChI=1S/C23H27ClO4S/c24-22-6-3-16(23-12-18(26)11-21(13-25)28-23)10-17(22)9-15-1-4-19(5-2-15)27-20-7-8-29-14-20/h1-6,10,18,20-21,23,25-26H,7-9,11-14H2. The Morgan fingerprint density at radius 3 is 2.69 bits per heavy atom. The van der Waals surface area contributed by atoms with E-state index in [1.165, 1.54) is 5.75 Å². The summed E-state index contributed by atoms with van der Waals surface area (Å²) in [6.07, 6.45) is 2.14. The molecule has 4 unspecified atom stereocenters. The molecule has 2 saturated heterocycles. The molecule has 0 amide bonds. The van der Waals surface area contributed by atoms with Gasteiger partial charge in [-0.25, -0.2) is 0 Å². The maximum atomic E-state index is 10.1. The molecule has 6 heteroatoms. The average molecular weight is 435 g/mol. The number of aliphatic hydroxyl groups excluding tert-OH is 2. The highest BCUT2D eigenvalue weighted by Crippen LogP contribution is 2.34. The molecule has 2 aliphatic rings. The fourth-order valence-corrected chi connectivity index (χ4v) is 5.24. The summed E-state index contributed by atoms with van der Waals surface area (Å²) in [7, 11) is 0. The van der Waals surface area contributed by atoms with E-state index in [0.29, 0.717) is 30.4 Å². The van der Waals surface area contributed by atoms with Gasteiger partial charge in [0.25, 0.3) is 0 Å². The van der Waals surface area contributed by atoms with Crippen LogP contribution in [0.3, 0.4) is 0 Å². The molecule has 2 fully saturated rings. The molecule has 156 valence electrons. The molecule has 0 saturated carbocycles. The summed E-state index contributed by atoms with van der Waals surface area (Å²) in [5.74, 6) is 3.16. The van der Waals surface area contributed by atoms with Crippen molar-refractivity contribution in [3.8, 4) is 5.75 Å². The van der Waals surface area contributed by atoms with Gasteiger partial charge < -0.3 is 19.7 Å². The molecule has 29 heavy (non-hydrogen) atoms. The molecule has 4 rings (SSSR count). The van der Waals surface area contributed by atoms with Gasteiger partial charge in [0, 0.05) is 23.6 Å². The molecule has 2 aromatic rings. The summed E-state index contributed by atoms with van der Waals surface area (Å²) >= 11 is 8.40. The zero-order chi connectivity index (χ0) is 20.2. The Hall–Kier alpha value is -1.24. The van der Waals surface area contributed by atoms with Crippen molar-refractivity contribution >= 4 is 23.4 Å². The van der Waals surface area contributed by atoms with Crippen molar-refractivity contribution in [3.63, 3.8) is 0 Å². The first-order valence-corrected chi connectivity index (χ1v) is 11.7. The average Bonchev–Trinajstić information content (AvgIpc) is 3.23. The van der Waals surface area contributed by atoms with Crippen LogP contribution in [0, 0.1) is 0 Å². The van der Waals surface area contributed by atoms with Gasteiger partial charge in [-0.15, -0.1) is 0 Å². The van der Waals surface area contributed by atoms with Gasteiger partial charge in [-0.2, -0.15) is 11.8 Å². The largest absolute Gasteiger partial charge is 0.490 e. The second-order valence-corrected chi connectivity index (χ2v) is 9.39. The summed E-state index contributed by atoms with van der Waals surface area (Å²) in [5.41, 5.74) is 3.17. The number of hydrogen-bond donors (Lipinski definition) is 2. The van der Waals surface area contributed by atoms with Crippen LogP contribution in [0.25, 0.3) is 0 Å². The van der Waals surface area contributed by atoms with Crippen molar-refractivity contribution in [3.05, 3.63) is 64.2 Å². The van der Waals surface area contributed by atoms with Gasteiger partial charge in [-0.1, -0.05) is 35.9 Å². The van der Waals surface area contributed by atoms with Crippen LogP contribution in [0.5, 0.6) is 5.75 Å². The quantitative estimate of drug-likeness (QED) is 0.706. The lowest BCUT2D eigenvalue weighted by Gasteiger charge is -2.32. The zero-order valence-corrected chi connectivity index (χ0v) is 17.9. The van der Waals surface area contributed by atoms with Crippen LogP contribution in [0.2, 0.25) is 5.02 Å². The smallest absolute Gasteiger partial charge is 0.119 e. The van der Waals surface area contributed by atoms with E-state index >= 15 is 0 Å². The number of hydrogen-bond acceptors (Lipinski definition) is 5. The minimum atomic E-state index is -0.462. The number of halogens is 1. The van der Waals surface area contributed by atoms with Crippen molar-refractivity contribution in [2.75, 3.05) is 18.1 Å². The predicted molar refractivity (Wildman–Crippen MR) is 117 cm³/mol. The lowest BCUT2D eigenvalue weighted by Crippen LogP contribution is -2.33. The van der Waals surface area contributed by atoms with Crippen LogP contribution >= 0.6 is 23.4 Å². The highest BCUT2D eigenvalue weighted by Gasteiger charge is 2.29. The Bertz CT molecular complexity index is 807. The van der Waals surface area contributed by atoms with Crippen molar-refractivity contribution in [1.82, 2.24) is 0 Å². The Labute approximate surface area is 181 Å². The molecule has 0 spiro atoms. The Kier molecular flexibility index (Phi) is 7.04. The number of ether oxygens (including phenoxy) is 2. The van der Waals surface area contributed by atoms with Gasteiger partial charge >= 0.3 is 0 Å². The van der Waals surface area contributed by atoms with E-state index in [1.807, 2.05) is 36.0 Å². The van der Waals surface area contributed by atoms with E-state index in [2.05, 4.69) is 18.2 Å². The lowest BCUT2D eigenvalue weighted by molar-refractivity contribution is -0.113. The maximum Gasteiger partial charge on any atom is 0.119 e. The summed E-state index contributed by atoms with van der Waals surface area (Å²) in [6.45, 7) is -0.0814. The van der Waals surface area contributed by atoms with Crippen LogP contribution in [0.1, 0.15) is 42.1 Å². The number of thioether (sulfide) groups is 1. The molecule has 0 bridgehead atoms. The highest BCUT2D eigenvalue weighted by atomic mass is 35.5. The van der Waals surface area contributed by atoms with Gasteiger partial charge in [0.15, 0.2) is 0 Å². The lowest BCUT2D eigenvalue weighted by atomic mass is 9.94. The first-order valence-electron chi connectivity index (χ1n) is 10.2. The minimum absolute atomic E-state index is 0.0814. The third-order valence-corrected chi connectivity index (χ3v) is 7.03. The Balaban J connectivity index is 1.45. The van der Waals surface area contributed by atoms with Crippen LogP contribution in [-0.2, 0) is 11.2 Å². The molecule has 4 nitrogen and oxygen atoms in total. The summed E-state index contributed by atoms with van der Waals surface area (Å²) in [5, 5.41) is 20.2. The predicted octanol–water partition coefficient (Wildman–Crippen LogP) is 4.39. The summed E-state index contributed by atoms with van der Waals surface area (Å²) in [4.78, 5) is 0. The Morgan fingerprint density at radius 2 is 1.97 bits per heavy atom. The van der Waals surface area contributed by atoms with Crippen molar-refractivity contribution in [2.24, 2.45) is 0 Å². The zero-order valence-electron chi connectivity index (χ0n) is 16.3. The molecule has 2 heterocycles. The molecule has 2 aliphatic heterocycles. The van der Waals surface area contributed by atoms with E-state index in [-0.39, 0.29) is 18.8 Å². The highest BCUT2D eigenvalue weighted by molar-refractivity contribution is 7.99. The van der Waals surface area contributed by atoms with Gasteiger partial charge in [0.1, 0.15) is 11.9 Å². The van der Waals surface area contributed by atoms with Crippen molar-refractivity contribution in [1.29, 1.82) is 0 Å². The first kappa shape index (κ1) is 21.0. The fourth-order valence-electron chi connectivity index (χ4n) is 3.96. The van der Waals surface area contributed by atoms with Gasteiger partial charge in [0.2, 0.25) is 0 Å². The van der Waals surface area contributed by atoms with E-state index in [4.69, 9.17) is 21.1 Å². The van der Waals surface area contributed by atoms with E-state index in [0.717, 1.165) is 34.6 Å². The van der Waals surface area contributed by atoms with Crippen molar-refractivity contribution < 1.29 is 19.7 Å². The third kappa shape index (κ3) is 5.47. The minimum Gasteiger partial charge on any atom is -0.490 e. The van der Waals surface area contributed by atoms with Crippen LogP contribution in [0.4, 0.5) is 0 Å². The Morgan fingerprint density at radius 1 is 1.14 bits per heavy atom. The maximum absolute atomic E-state index is 10.1. The number of aliphatic hydroxyl groups is 2. The van der Waals surface area contributed by atoms with E-state index < -0.39 is 6.10 Å². The SMILES string of the molecule is OCC1CC(O)CC(c2ccc(Cl)c(Cc3ccc(OC4CCSC4)cc3)c2)O1. The molecule has 2 aromatic carbocycles. The topological polar surface area (TPSA) is 58.9 Å². The molecular weight excluding hydrogens is 408 g/mol. The monoisotopic (exact) mass is 434 g/mol. The van der Waals surface area contributed by atoms with E-state index in [1.54, 1.807) is 0 Å². The van der Waals surface area contributed by atoms with Gasteiger partial charge in [-0.05, 0) is 53.5 Å². The summed E-state index contributed by atoms with van der Waals surface area (Å²) < 4.78 is 12.0. The fraction of sp³-hybridized carbons (Fsp3) is 0.478. The van der Waals surface area contributed by atoms with Crippen molar-refractivity contribution in [2.45, 2.75) is 50.1 Å². The van der Waals surface area contributed by atoms with Crippen LogP contribution < -0.4 is 4.74 Å². The van der Waals surface area contributed by atoms with Crippen LogP contribution in [0.15, 0.2) is 42.5 Å². The second kappa shape index (κ2) is 9.71.